The highest BCUT2D eigenvalue weighted by atomic mass is 16.6. The summed E-state index contributed by atoms with van der Waals surface area (Å²) in [5.41, 5.74) is 5.77. The van der Waals surface area contributed by atoms with E-state index in [1.54, 1.807) is 27.0 Å². The fourth-order valence-electron chi connectivity index (χ4n) is 2.26. The molecule has 2 amide bonds. The van der Waals surface area contributed by atoms with Gasteiger partial charge in [0.2, 0.25) is 11.9 Å². The van der Waals surface area contributed by atoms with Crippen LogP contribution >= 0.6 is 0 Å². The number of aromatic nitrogens is 2. The van der Waals surface area contributed by atoms with Crippen molar-refractivity contribution in [2.45, 2.75) is 71.9 Å². The van der Waals surface area contributed by atoms with Gasteiger partial charge in [-0.25, -0.2) is 9.78 Å². The molecule has 1 fully saturated rings. The van der Waals surface area contributed by atoms with Crippen LogP contribution in [0.3, 0.4) is 0 Å². The van der Waals surface area contributed by atoms with E-state index in [-0.39, 0.29) is 18.4 Å². The van der Waals surface area contributed by atoms with Gasteiger partial charge in [0.05, 0.1) is 11.8 Å². The Morgan fingerprint density at radius 2 is 2.00 bits per heavy atom. The number of carbonyl (C=O) groups is 2. The van der Waals surface area contributed by atoms with Crippen molar-refractivity contribution in [3.8, 4) is 11.8 Å². The average molecular weight is 433 g/mol. The van der Waals surface area contributed by atoms with Crippen molar-refractivity contribution in [1.29, 1.82) is 0 Å². The first-order valence-corrected chi connectivity index (χ1v) is 10.7. The van der Waals surface area contributed by atoms with Crippen molar-refractivity contribution in [1.82, 2.24) is 20.2 Å². The minimum atomic E-state index is -0.593. The van der Waals surface area contributed by atoms with Crippen LogP contribution in [0.2, 0.25) is 0 Å². The summed E-state index contributed by atoms with van der Waals surface area (Å²) in [6, 6.07) is 0.443. The van der Waals surface area contributed by atoms with Crippen molar-refractivity contribution in [3.05, 3.63) is 11.8 Å². The van der Waals surface area contributed by atoms with E-state index in [1.807, 2.05) is 13.8 Å². The predicted octanol–water partition coefficient (Wildman–Crippen LogP) is 2.77. The first kappa shape index (κ1) is 26.0. The van der Waals surface area contributed by atoms with E-state index in [2.05, 4.69) is 32.4 Å². The van der Waals surface area contributed by atoms with E-state index in [9.17, 15) is 9.59 Å². The Hall–Kier alpha value is -3.02. The first-order valence-electron chi connectivity index (χ1n) is 10.7. The van der Waals surface area contributed by atoms with E-state index < -0.39 is 11.7 Å². The zero-order valence-electron chi connectivity index (χ0n) is 19.5. The van der Waals surface area contributed by atoms with E-state index in [4.69, 9.17) is 10.5 Å². The molecule has 0 unspecified atom stereocenters. The number of hydrogen-bond acceptors (Lipinski definition) is 7. The van der Waals surface area contributed by atoms with Crippen LogP contribution in [-0.2, 0) is 9.53 Å². The van der Waals surface area contributed by atoms with Crippen molar-refractivity contribution in [2.75, 3.05) is 31.2 Å². The number of hydrogen-bond donors (Lipinski definition) is 3. The Morgan fingerprint density at radius 3 is 2.61 bits per heavy atom. The van der Waals surface area contributed by atoms with Gasteiger partial charge < -0.3 is 26.0 Å². The lowest BCUT2D eigenvalue weighted by Gasteiger charge is -2.24. The number of amides is 2. The second-order valence-electron chi connectivity index (χ2n) is 8.00. The van der Waals surface area contributed by atoms with Gasteiger partial charge in [0.25, 0.3) is 0 Å². The second-order valence-corrected chi connectivity index (χ2v) is 8.00. The summed E-state index contributed by atoms with van der Waals surface area (Å²) in [6.45, 7) is 9.75. The predicted molar refractivity (Wildman–Crippen MR) is 122 cm³/mol. The molecule has 1 saturated carbocycles. The minimum Gasteiger partial charge on any atom is -0.444 e. The molecule has 9 nitrogen and oxygen atoms in total. The van der Waals surface area contributed by atoms with Crippen molar-refractivity contribution in [3.63, 3.8) is 0 Å². The molecule has 1 aromatic heterocycles. The molecular formula is C22H36N6O3. The maximum Gasteiger partial charge on any atom is 0.410 e. The molecule has 4 N–H and O–H groups in total. The third-order valence-corrected chi connectivity index (χ3v) is 3.84. The molecule has 0 aromatic carbocycles. The highest BCUT2D eigenvalue weighted by Crippen LogP contribution is 2.25. The summed E-state index contributed by atoms with van der Waals surface area (Å²) in [4.78, 5) is 33.2. The number of carbonyl (C=O) groups excluding carboxylic acids is 2. The van der Waals surface area contributed by atoms with Gasteiger partial charge in [0.15, 0.2) is 0 Å². The fraction of sp³-hybridized carbons (Fsp3) is 0.636. The van der Waals surface area contributed by atoms with Crippen LogP contribution in [0.5, 0.6) is 0 Å². The van der Waals surface area contributed by atoms with Gasteiger partial charge >= 0.3 is 6.09 Å². The standard InChI is InChI=1S/C20H30N6O3.C2H6/c1-20(2,3)29-19(28)26(4)13-16(27)22-11-7-5-6-8-14-12-23-18(21)25-17(14)24-15-9-10-15;1-2/h12,15H,5,7,9-11,13H2,1-4H3,(H,22,27)(H3,21,23,24,25);1-2H3. The summed E-state index contributed by atoms with van der Waals surface area (Å²) < 4.78 is 5.21. The molecular weight excluding hydrogens is 396 g/mol. The monoisotopic (exact) mass is 432 g/mol. The number of unbranched alkanes of at least 4 members (excludes halogenated alkanes) is 1. The van der Waals surface area contributed by atoms with Crippen LogP contribution < -0.4 is 16.4 Å². The maximum absolute atomic E-state index is 11.9. The van der Waals surface area contributed by atoms with Crippen molar-refractivity contribution < 1.29 is 14.3 Å². The van der Waals surface area contributed by atoms with E-state index in [0.717, 1.165) is 12.8 Å². The van der Waals surface area contributed by atoms with Crippen LogP contribution in [0.4, 0.5) is 16.6 Å². The third kappa shape index (κ3) is 11.1. The van der Waals surface area contributed by atoms with Gasteiger partial charge in [0, 0.05) is 26.1 Å². The molecule has 172 valence electrons. The summed E-state index contributed by atoms with van der Waals surface area (Å²) in [6.07, 6.45) is 4.64. The lowest BCUT2D eigenvalue weighted by atomic mass is 10.2. The molecule has 31 heavy (non-hydrogen) atoms. The number of likely N-dealkylation sites (N-methyl/N-ethyl adjacent to an activating group) is 1. The van der Waals surface area contributed by atoms with Gasteiger partial charge in [0.1, 0.15) is 18.0 Å². The third-order valence-electron chi connectivity index (χ3n) is 3.84. The summed E-state index contributed by atoms with van der Waals surface area (Å²) >= 11 is 0. The van der Waals surface area contributed by atoms with Gasteiger partial charge in [-0.3, -0.25) is 4.79 Å². The molecule has 0 aliphatic heterocycles. The number of anilines is 2. The zero-order chi connectivity index (χ0) is 23.4. The molecule has 1 aromatic rings. The number of rotatable bonds is 7. The quantitative estimate of drug-likeness (QED) is 0.447. The summed E-state index contributed by atoms with van der Waals surface area (Å²) in [5.74, 6) is 6.77. The van der Waals surface area contributed by atoms with Gasteiger partial charge in [-0.05, 0) is 40.0 Å². The molecule has 0 radical (unpaired) electrons. The largest absolute Gasteiger partial charge is 0.444 e. The topological polar surface area (TPSA) is 122 Å². The Morgan fingerprint density at radius 1 is 1.32 bits per heavy atom. The van der Waals surface area contributed by atoms with Crippen LogP contribution in [-0.4, -0.2) is 58.6 Å². The van der Waals surface area contributed by atoms with Crippen LogP contribution in [0.1, 0.15) is 65.9 Å². The molecule has 1 aliphatic carbocycles. The number of ether oxygens (including phenoxy) is 1. The molecule has 2 rings (SSSR count). The number of nitrogens with one attached hydrogen (secondary N) is 2. The lowest BCUT2D eigenvalue weighted by Crippen LogP contribution is -2.41. The molecule has 0 spiro atoms. The molecule has 1 aliphatic rings. The van der Waals surface area contributed by atoms with E-state index in [1.165, 1.54) is 11.9 Å². The highest BCUT2D eigenvalue weighted by molar-refractivity contribution is 5.82. The van der Waals surface area contributed by atoms with E-state index >= 15 is 0 Å². The highest BCUT2D eigenvalue weighted by Gasteiger charge is 2.23. The lowest BCUT2D eigenvalue weighted by molar-refractivity contribution is -0.122. The average Bonchev–Trinajstić information content (AvgIpc) is 3.50. The van der Waals surface area contributed by atoms with Gasteiger partial charge in [-0.15, -0.1) is 0 Å². The smallest absolute Gasteiger partial charge is 0.410 e. The van der Waals surface area contributed by atoms with Crippen molar-refractivity contribution >= 4 is 23.8 Å². The van der Waals surface area contributed by atoms with Gasteiger partial charge in [-0.1, -0.05) is 25.7 Å². The first-order chi connectivity index (χ1) is 14.6. The van der Waals surface area contributed by atoms with Gasteiger partial charge in [-0.2, -0.15) is 4.98 Å². The second kappa shape index (κ2) is 12.6. The fourth-order valence-corrected chi connectivity index (χ4v) is 2.26. The molecule has 1 heterocycles. The molecule has 9 heteroatoms. The normalized spacial score (nSPS) is 12.5. The summed E-state index contributed by atoms with van der Waals surface area (Å²) in [7, 11) is 1.53. The van der Waals surface area contributed by atoms with Crippen LogP contribution in [0, 0.1) is 11.8 Å². The number of nitrogen functional groups attached to an aromatic ring is 1. The zero-order valence-corrected chi connectivity index (χ0v) is 19.5. The molecule has 0 atom stereocenters. The van der Waals surface area contributed by atoms with Crippen LogP contribution in [0.25, 0.3) is 0 Å². The van der Waals surface area contributed by atoms with Crippen molar-refractivity contribution in [2.24, 2.45) is 0 Å². The van der Waals surface area contributed by atoms with Crippen LogP contribution in [0.15, 0.2) is 6.20 Å². The maximum atomic E-state index is 11.9. The Kier molecular flexibility index (Phi) is 10.6. The Bertz CT molecular complexity index is 791. The SMILES string of the molecule is CC.CN(CC(=O)NCCCC#Cc1cnc(N)nc1NC1CC1)C(=O)OC(C)(C)C. The number of nitrogens with zero attached hydrogens (tertiary/aromatic N) is 3. The Labute approximate surface area is 185 Å². The minimum absolute atomic E-state index is 0.0560. The number of nitrogens with two attached hydrogens (primary N) is 1. The molecule has 0 bridgehead atoms. The Balaban J connectivity index is 0.00000233. The van der Waals surface area contributed by atoms with E-state index in [0.29, 0.717) is 36.8 Å². The summed E-state index contributed by atoms with van der Waals surface area (Å²) in [5, 5.41) is 6.07. The molecule has 0 saturated heterocycles.